The SMILES string of the molecule is c1ccc(-c2c3ccccc3c(-c3ccc4ccc5ccccc5c4c3)c3ccc4ccccc4c23)cc1. The van der Waals surface area contributed by atoms with E-state index in [2.05, 4.69) is 146 Å². The summed E-state index contributed by atoms with van der Waals surface area (Å²) < 4.78 is 0. The molecule has 0 heterocycles. The summed E-state index contributed by atoms with van der Waals surface area (Å²) >= 11 is 0. The standard InChI is InChI=1S/C38H24/c1-2-12-28(13-3-1)37-33-17-9-8-16-32(33)36(34-23-22-26-11-5-7-15-31(26)38(34)37)29-21-20-27-19-18-25-10-4-6-14-30(25)35(27)24-29/h1-24H. The molecule has 0 heteroatoms. The first-order chi connectivity index (χ1) is 18.9. The molecule has 0 fully saturated rings. The van der Waals surface area contributed by atoms with E-state index in [0.29, 0.717) is 0 Å². The van der Waals surface area contributed by atoms with E-state index in [1.54, 1.807) is 0 Å². The van der Waals surface area contributed by atoms with Crippen LogP contribution in [-0.2, 0) is 0 Å². The maximum atomic E-state index is 2.40. The largest absolute Gasteiger partial charge is 0.0622 e. The average molecular weight is 481 g/mol. The normalized spacial score (nSPS) is 11.7. The molecule has 0 aliphatic carbocycles. The van der Waals surface area contributed by atoms with Crippen molar-refractivity contribution in [3.05, 3.63) is 146 Å². The third-order valence-electron chi connectivity index (χ3n) is 8.01. The van der Waals surface area contributed by atoms with Crippen LogP contribution in [0.4, 0.5) is 0 Å². The van der Waals surface area contributed by atoms with Crippen LogP contribution in [0.25, 0.3) is 76.1 Å². The van der Waals surface area contributed by atoms with Gasteiger partial charge < -0.3 is 0 Å². The van der Waals surface area contributed by atoms with E-state index in [-0.39, 0.29) is 0 Å². The summed E-state index contributed by atoms with van der Waals surface area (Å²) in [6, 6.07) is 53.3. The smallest absolute Gasteiger partial charge is 0.00141 e. The van der Waals surface area contributed by atoms with Crippen molar-refractivity contribution in [1.29, 1.82) is 0 Å². The van der Waals surface area contributed by atoms with E-state index in [9.17, 15) is 0 Å². The highest BCUT2D eigenvalue weighted by Gasteiger charge is 2.18. The Kier molecular flexibility index (Phi) is 4.62. The van der Waals surface area contributed by atoms with Crippen molar-refractivity contribution in [2.75, 3.05) is 0 Å². The Morgan fingerprint density at radius 3 is 1.55 bits per heavy atom. The van der Waals surface area contributed by atoms with Gasteiger partial charge in [0.05, 0.1) is 0 Å². The Morgan fingerprint density at radius 2 is 0.789 bits per heavy atom. The van der Waals surface area contributed by atoms with Gasteiger partial charge >= 0.3 is 0 Å². The first-order valence-corrected chi connectivity index (χ1v) is 13.2. The van der Waals surface area contributed by atoms with Crippen LogP contribution in [0.3, 0.4) is 0 Å². The molecule has 0 aromatic heterocycles. The van der Waals surface area contributed by atoms with Crippen molar-refractivity contribution in [2.45, 2.75) is 0 Å². The van der Waals surface area contributed by atoms with Gasteiger partial charge in [-0.25, -0.2) is 0 Å². The lowest BCUT2D eigenvalue weighted by molar-refractivity contribution is 1.67. The second-order valence-corrected chi connectivity index (χ2v) is 10.1. The molecule has 0 aliphatic heterocycles. The number of hydrogen-bond donors (Lipinski definition) is 0. The van der Waals surface area contributed by atoms with E-state index in [1.807, 2.05) is 0 Å². The van der Waals surface area contributed by atoms with Crippen LogP contribution < -0.4 is 0 Å². The van der Waals surface area contributed by atoms with Crippen LogP contribution in [0.1, 0.15) is 0 Å². The van der Waals surface area contributed by atoms with Gasteiger partial charge in [0, 0.05) is 0 Å². The minimum Gasteiger partial charge on any atom is -0.0622 e. The number of rotatable bonds is 2. The Labute approximate surface area is 221 Å². The van der Waals surface area contributed by atoms with Crippen LogP contribution >= 0.6 is 0 Å². The Morgan fingerprint density at radius 1 is 0.263 bits per heavy atom. The topological polar surface area (TPSA) is 0 Å². The first kappa shape index (κ1) is 21.2. The van der Waals surface area contributed by atoms with Gasteiger partial charge in [-0.2, -0.15) is 0 Å². The molecule has 0 amide bonds. The van der Waals surface area contributed by atoms with Gasteiger partial charge in [-0.1, -0.05) is 140 Å². The summed E-state index contributed by atoms with van der Waals surface area (Å²) in [5.41, 5.74) is 5.12. The second kappa shape index (κ2) is 8.30. The fourth-order valence-corrected chi connectivity index (χ4v) is 6.32. The third kappa shape index (κ3) is 3.11. The molecule has 8 rings (SSSR count). The highest BCUT2D eigenvalue weighted by atomic mass is 14.2. The number of benzene rings is 8. The quantitative estimate of drug-likeness (QED) is 0.170. The lowest BCUT2D eigenvalue weighted by Gasteiger charge is -2.19. The zero-order chi connectivity index (χ0) is 25.1. The van der Waals surface area contributed by atoms with Crippen LogP contribution in [0.15, 0.2) is 146 Å². The Balaban J connectivity index is 1.59. The summed E-state index contributed by atoms with van der Waals surface area (Å²) in [5, 5.41) is 12.9. The average Bonchev–Trinajstić information content (AvgIpc) is 3.00. The maximum absolute atomic E-state index is 2.40. The number of hydrogen-bond acceptors (Lipinski definition) is 0. The fraction of sp³-hybridized carbons (Fsp3) is 0. The van der Waals surface area contributed by atoms with E-state index in [1.165, 1.54) is 76.1 Å². The second-order valence-electron chi connectivity index (χ2n) is 10.1. The van der Waals surface area contributed by atoms with Gasteiger partial charge in [0.2, 0.25) is 0 Å². The van der Waals surface area contributed by atoms with Gasteiger partial charge in [0.1, 0.15) is 0 Å². The molecular weight excluding hydrogens is 456 g/mol. The zero-order valence-electron chi connectivity index (χ0n) is 20.9. The molecule has 38 heavy (non-hydrogen) atoms. The van der Waals surface area contributed by atoms with Gasteiger partial charge in [0.15, 0.2) is 0 Å². The summed E-state index contributed by atoms with van der Waals surface area (Å²) in [7, 11) is 0. The summed E-state index contributed by atoms with van der Waals surface area (Å²) in [5.74, 6) is 0. The molecular formula is C38H24. The Bertz CT molecular complexity index is 2170. The van der Waals surface area contributed by atoms with Gasteiger partial charge in [0.25, 0.3) is 0 Å². The van der Waals surface area contributed by atoms with Crippen molar-refractivity contribution in [3.63, 3.8) is 0 Å². The van der Waals surface area contributed by atoms with Gasteiger partial charge in [-0.05, 0) is 82.2 Å². The molecule has 0 saturated heterocycles. The van der Waals surface area contributed by atoms with Crippen molar-refractivity contribution >= 4 is 53.9 Å². The minimum absolute atomic E-state index is 1.25. The molecule has 0 saturated carbocycles. The lowest BCUT2D eigenvalue weighted by Crippen LogP contribution is -1.92. The van der Waals surface area contributed by atoms with Crippen molar-refractivity contribution in [2.24, 2.45) is 0 Å². The Hall–Kier alpha value is -4.94. The van der Waals surface area contributed by atoms with Crippen molar-refractivity contribution in [3.8, 4) is 22.3 Å². The third-order valence-corrected chi connectivity index (χ3v) is 8.01. The molecule has 8 aromatic rings. The van der Waals surface area contributed by atoms with Crippen LogP contribution in [0, 0.1) is 0 Å². The first-order valence-electron chi connectivity index (χ1n) is 13.2. The summed E-state index contributed by atoms with van der Waals surface area (Å²) in [6.07, 6.45) is 0. The van der Waals surface area contributed by atoms with E-state index in [4.69, 9.17) is 0 Å². The molecule has 0 aliphatic rings. The molecule has 0 bridgehead atoms. The predicted molar refractivity (Wildman–Crippen MR) is 165 cm³/mol. The minimum atomic E-state index is 1.25. The number of fused-ring (bicyclic) bond motifs is 7. The van der Waals surface area contributed by atoms with Crippen LogP contribution in [0.5, 0.6) is 0 Å². The van der Waals surface area contributed by atoms with Crippen molar-refractivity contribution in [1.82, 2.24) is 0 Å². The molecule has 0 spiro atoms. The van der Waals surface area contributed by atoms with Gasteiger partial charge in [-0.3, -0.25) is 0 Å². The molecule has 176 valence electrons. The zero-order valence-corrected chi connectivity index (χ0v) is 20.9. The predicted octanol–water partition coefficient (Wildman–Crippen LogP) is 10.8. The highest BCUT2D eigenvalue weighted by molar-refractivity contribution is 6.28. The highest BCUT2D eigenvalue weighted by Crippen LogP contribution is 2.46. The molecule has 0 nitrogen and oxygen atoms in total. The molecule has 0 N–H and O–H groups in total. The van der Waals surface area contributed by atoms with E-state index >= 15 is 0 Å². The monoisotopic (exact) mass is 480 g/mol. The van der Waals surface area contributed by atoms with Crippen LogP contribution in [0.2, 0.25) is 0 Å². The molecule has 0 atom stereocenters. The van der Waals surface area contributed by atoms with Crippen LogP contribution in [-0.4, -0.2) is 0 Å². The maximum Gasteiger partial charge on any atom is -0.00141 e. The van der Waals surface area contributed by atoms with Gasteiger partial charge in [-0.15, -0.1) is 0 Å². The molecule has 0 unspecified atom stereocenters. The van der Waals surface area contributed by atoms with E-state index < -0.39 is 0 Å². The molecule has 0 radical (unpaired) electrons. The molecule has 8 aromatic carbocycles. The fourth-order valence-electron chi connectivity index (χ4n) is 6.32. The van der Waals surface area contributed by atoms with E-state index in [0.717, 1.165) is 0 Å². The van der Waals surface area contributed by atoms with Crippen molar-refractivity contribution < 1.29 is 0 Å². The summed E-state index contributed by atoms with van der Waals surface area (Å²) in [6.45, 7) is 0. The lowest BCUT2D eigenvalue weighted by atomic mass is 9.83. The summed E-state index contributed by atoms with van der Waals surface area (Å²) in [4.78, 5) is 0.